The number of nitrogens with one attached hydrogen (secondary N) is 3. The van der Waals surface area contributed by atoms with Gasteiger partial charge in [-0.05, 0) is 55.0 Å². The Labute approximate surface area is 143 Å². The van der Waals surface area contributed by atoms with Crippen molar-refractivity contribution in [2.24, 2.45) is 5.10 Å². The molecule has 0 saturated heterocycles. The van der Waals surface area contributed by atoms with E-state index >= 15 is 0 Å². The lowest BCUT2D eigenvalue weighted by Gasteiger charge is -2.03. The molecule has 0 saturated carbocycles. The van der Waals surface area contributed by atoms with E-state index in [1.165, 1.54) is 0 Å². The van der Waals surface area contributed by atoms with Gasteiger partial charge in [0.1, 0.15) is 5.75 Å². The number of hydrogen-bond acceptors (Lipinski definition) is 4. The van der Waals surface area contributed by atoms with Crippen LogP contribution in [0.2, 0.25) is 0 Å². The van der Waals surface area contributed by atoms with Crippen LogP contribution in [0.5, 0.6) is 5.75 Å². The molecular weight excluding hydrogens is 324 g/mol. The van der Waals surface area contributed by atoms with Gasteiger partial charge in [0, 0.05) is 5.56 Å². The Bertz CT molecular complexity index is 958. The van der Waals surface area contributed by atoms with E-state index in [1.54, 1.807) is 24.4 Å². The Morgan fingerprint density at radius 2 is 2.08 bits per heavy atom. The van der Waals surface area contributed by atoms with Crippen LogP contribution in [-0.2, 0) is 0 Å². The normalized spacial score (nSPS) is 11.0. The maximum Gasteiger partial charge on any atom is 0.271 e. The largest absolute Gasteiger partial charge is 0.494 e. The molecule has 0 aliphatic heterocycles. The number of aromatic amines is 2. The summed E-state index contributed by atoms with van der Waals surface area (Å²) < 4.78 is 5.95. The number of nitrogens with zero attached hydrogens (tertiary/aromatic N) is 1. The SMILES string of the molecule is CCOc1cccc(/C=N\NC(=O)c2ccc3[nH]c(=S)[nH]c3c2)c1. The van der Waals surface area contributed by atoms with Gasteiger partial charge in [-0.2, -0.15) is 5.10 Å². The van der Waals surface area contributed by atoms with Gasteiger partial charge >= 0.3 is 0 Å². The molecule has 122 valence electrons. The molecule has 0 bridgehead atoms. The number of benzene rings is 2. The van der Waals surface area contributed by atoms with Crippen LogP contribution >= 0.6 is 12.2 Å². The molecule has 6 nitrogen and oxygen atoms in total. The summed E-state index contributed by atoms with van der Waals surface area (Å²) in [6.45, 7) is 2.52. The summed E-state index contributed by atoms with van der Waals surface area (Å²) in [6, 6.07) is 12.7. The molecule has 1 aromatic heterocycles. The number of carbonyl (C=O) groups is 1. The van der Waals surface area contributed by atoms with Crippen LogP contribution in [-0.4, -0.2) is 28.7 Å². The summed E-state index contributed by atoms with van der Waals surface area (Å²) >= 11 is 5.03. The molecule has 0 fully saturated rings. The number of ether oxygens (including phenoxy) is 1. The molecular formula is C17H16N4O2S. The minimum absolute atomic E-state index is 0.297. The van der Waals surface area contributed by atoms with Crippen molar-refractivity contribution in [1.82, 2.24) is 15.4 Å². The first-order valence-electron chi connectivity index (χ1n) is 7.44. The van der Waals surface area contributed by atoms with Crippen molar-refractivity contribution in [3.63, 3.8) is 0 Å². The van der Waals surface area contributed by atoms with Gasteiger partial charge in [0.15, 0.2) is 4.77 Å². The Hall–Kier alpha value is -2.93. The second kappa shape index (κ2) is 7.10. The Morgan fingerprint density at radius 1 is 1.25 bits per heavy atom. The first-order chi connectivity index (χ1) is 11.7. The summed E-state index contributed by atoms with van der Waals surface area (Å²) in [5.41, 5.74) is 5.48. The quantitative estimate of drug-likeness (QED) is 0.378. The number of fused-ring (bicyclic) bond motifs is 1. The van der Waals surface area contributed by atoms with Crippen LogP contribution in [0, 0.1) is 4.77 Å². The fourth-order valence-corrected chi connectivity index (χ4v) is 2.47. The van der Waals surface area contributed by atoms with Crippen molar-refractivity contribution in [2.75, 3.05) is 6.61 Å². The fraction of sp³-hybridized carbons (Fsp3) is 0.118. The van der Waals surface area contributed by atoms with Gasteiger partial charge in [-0.25, -0.2) is 5.43 Å². The van der Waals surface area contributed by atoms with E-state index in [0.717, 1.165) is 22.3 Å². The summed E-state index contributed by atoms with van der Waals surface area (Å²) in [7, 11) is 0. The number of carbonyl (C=O) groups excluding carboxylic acids is 1. The molecule has 0 spiro atoms. The molecule has 0 aliphatic carbocycles. The van der Waals surface area contributed by atoms with E-state index in [0.29, 0.717) is 16.9 Å². The molecule has 1 heterocycles. The highest BCUT2D eigenvalue weighted by Crippen LogP contribution is 2.13. The molecule has 1 amide bonds. The van der Waals surface area contributed by atoms with Gasteiger partial charge in [-0.3, -0.25) is 4.79 Å². The number of imidazole rings is 1. The van der Waals surface area contributed by atoms with E-state index in [4.69, 9.17) is 17.0 Å². The topological polar surface area (TPSA) is 82.3 Å². The van der Waals surface area contributed by atoms with Gasteiger partial charge in [-0.1, -0.05) is 12.1 Å². The molecule has 0 radical (unpaired) electrons. The van der Waals surface area contributed by atoms with Crippen molar-refractivity contribution in [3.05, 3.63) is 58.4 Å². The predicted molar refractivity (Wildman–Crippen MR) is 96.2 cm³/mol. The molecule has 3 aromatic rings. The lowest BCUT2D eigenvalue weighted by atomic mass is 10.2. The number of hydrogen-bond donors (Lipinski definition) is 3. The summed E-state index contributed by atoms with van der Waals surface area (Å²) in [5.74, 6) is 0.468. The van der Waals surface area contributed by atoms with E-state index in [-0.39, 0.29) is 5.91 Å². The van der Waals surface area contributed by atoms with Crippen LogP contribution in [0.15, 0.2) is 47.6 Å². The zero-order valence-electron chi connectivity index (χ0n) is 13.0. The molecule has 24 heavy (non-hydrogen) atoms. The van der Waals surface area contributed by atoms with Gasteiger partial charge in [0.25, 0.3) is 5.91 Å². The second-order valence-electron chi connectivity index (χ2n) is 5.04. The second-order valence-corrected chi connectivity index (χ2v) is 5.45. The molecule has 0 unspecified atom stereocenters. The Kier molecular flexibility index (Phi) is 4.72. The van der Waals surface area contributed by atoms with Crippen molar-refractivity contribution >= 4 is 35.4 Å². The summed E-state index contributed by atoms with van der Waals surface area (Å²) in [5, 5.41) is 3.99. The standard InChI is InChI=1S/C17H16N4O2S/c1-2-23-13-5-3-4-11(8-13)10-18-21-16(22)12-6-7-14-15(9-12)20-17(24)19-14/h3-10H,2H2,1H3,(H,21,22)(H2,19,20,24)/b18-10-. The van der Waals surface area contributed by atoms with Gasteiger partial charge < -0.3 is 14.7 Å². The maximum atomic E-state index is 12.2. The smallest absolute Gasteiger partial charge is 0.271 e. The molecule has 3 rings (SSSR count). The molecule has 2 aromatic carbocycles. The highest BCUT2D eigenvalue weighted by Gasteiger charge is 2.06. The van der Waals surface area contributed by atoms with Crippen LogP contribution in [0.3, 0.4) is 0 Å². The van der Waals surface area contributed by atoms with Gasteiger partial charge in [0.05, 0.1) is 23.9 Å². The zero-order chi connectivity index (χ0) is 16.9. The lowest BCUT2D eigenvalue weighted by Crippen LogP contribution is -2.17. The average molecular weight is 340 g/mol. The van der Waals surface area contributed by atoms with Crippen LogP contribution in [0.25, 0.3) is 11.0 Å². The first kappa shape index (κ1) is 15.9. The third-order valence-electron chi connectivity index (χ3n) is 3.33. The third-order valence-corrected chi connectivity index (χ3v) is 3.53. The van der Waals surface area contributed by atoms with E-state index in [9.17, 15) is 4.79 Å². The molecule has 7 heteroatoms. The minimum atomic E-state index is -0.297. The van der Waals surface area contributed by atoms with Gasteiger partial charge in [0.2, 0.25) is 0 Å². The summed E-state index contributed by atoms with van der Waals surface area (Å²) in [4.78, 5) is 18.1. The predicted octanol–water partition coefficient (Wildman–Crippen LogP) is 3.39. The maximum absolute atomic E-state index is 12.2. The van der Waals surface area contributed by atoms with Crippen LogP contribution in [0.1, 0.15) is 22.8 Å². The zero-order valence-corrected chi connectivity index (χ0v) is 13.8. The van der Waals surface area contributed by atoms with E-state index in [1.807, 2.05) is 31.2 Å². The minimum Gasteiger partial charge on any atom is -0.494 e. The number of H-pyrrole nitrogens is 2. The van der Waals surface area contributed by atoms with E-state index in [2.05, 4.69) is 20.5 Å². The monoisotopic (exact) mass is 340 g/mol. The van der Waals surface area contributed by atoms with Crippen molar-refractivity contribution in [1.29, 1.82) is 0 Å². The van der Waals surface area contributed by atoms with Crippen molar-refractivity contribution in [3.8, 4) is 5.75 Å². The molecule has 0 atom stereocenters. The average Bonchev–Trinajstić information content (AvgIpc) is 2.94. The number of hydrazone groups is 1. The fourth-order valence-electron chi connectivity index (χ4n) is 2.26. The van der Waals surface area contributed by atoms with Crippen molar-refractivity contribution in [2.45, 2.75) is 6.92 Å². The number of aromatic nitrogens is 2. The van der Waals surface area contributed by atoms with Gasteiger partial charge in [-0.15, -0.1) is 0 Å². The number of rotatable bonds is 5. The number of amides is 1. The highest BCUT2D eigenvalue weighted by molar-refractivity contribution is 7.71. The molecule has 0 aliphatic rings. The Balaban J connectivity index is 1.69. The molecule has 3 N–H and O–H groups in total. The third kappa shape index (κ3) is 3.69. The van der Waals surface area contributed by atoms with Crippen LogP contribution < -0.4 is 10.2 Å². The van der Waals surface area contributed by atoms with Crippen LogP contribution in [0.4, 0.5) is 0 Å². The van der Waals surface area contributed by atoms with E-state index < -0.39 is 0 Å². The lowest BCUT2D eigenvalue weighted by molar-refractivity contribution is 0.0955. The highest BCUT2D eigenvalue weighted by atomic mass is 32.1. The summed E-state index contributed by atoms with van der Waals surface area (Å²) in [6.07, 6.45) is 1.57. The first-order valence-corrected chi connectivity index (χ1v) is 7.85. The van der Waals surface area contributed by atoms with Crippen molar-refractivity contribution < 1.29 is 9.53 Å². The Morgan fingerprint density at radius 3 is 2.92 bits per heavy atom.